The van der Waals surface area contributed by atoms with Crippen LogP contribution in [0, 0.1) is 0 Å². The molecule has 0 N–H and O–H groups in total. The van der Waals surface area contributed by atoms with E-state index in [-0.39, 0.29) is 23.7 Å². The highest BCUT2D eigenvalue weighted by Gasteiger charge is 2.13. The Labute approximate surface area is 141 Å². The number of ether oxygens (including phenoxy) is 1. The number of carbonyl (C=O) groups is 1. The van der Waals surface area contributed by atoms with Crippen molar-refractivity contribution in [2.45, 2.75) is 13.0 Å². The van der Waals surface area contributed by atoms with Gasteiger partial charge in [-0.15, -0.1) is 0 Å². The predicted molar refractivity (Wildman–Crippen MR) is 87.2 cm³/mol. The standard InChI is InChI=1S/C16H11Cl2NO4/c17-10-5-6-11(18)14(9-10)22-15(20)7-8-19-12-3-1-2-4-13(12)23-16(19)21/h1-6,9H,7-8H2. The lowest BCUT2D eigenvalue weighted by Gasteiger charge is -2.07. The Morgan fingerprint density at radius 3 is 2.78 bits per heavy atom. The lowest BCUT2D eigenvalue weighted by atomic mass is 10.3. The van der Waals surface area contributed by atoms with E-state index < -0.39 is 11.7 Å². The van der Waals surface area contributed by atoms with E-state index in [1.807, 2.05) is 0 Å². The molecule has 2 aromatic carbocycles. The van der Waals surface area contributed by atoms with Gasteiger partial charge in [0.1, 0.15) is 0 Å². The van der Waals surface area contributed by atoms with Gasteiger partial charge in [-0.25, -0.2) is 4.79 Å². The number of benzene rings is 2. The molecule has 0 aliphatic carbocycles. The van der Waals surface area contributed by atoms with Crippen LogP contribution < -0.4 is 10.5 Å². The van der Waals surface area contributed by atoms with Gasteiger partial charge in [-0.3, -0.25) is 9.36 Å². The number of hydrogen-bond acceptors (Lipinski definition) is 4. The summed E-state index contributed by atoms with van der Waals surface area (Å²) >= 11 is 11.8. The number of para-hydroxylation sites is 2. The van der Waals surface area contributed by atoms with Crippen molar-refractivity contribution in [1.82, 2.24) is 4.57 Å². The highest BCUT2D eigenvalue weighted by Crippen LogP contribution is 2.28. The van der Waals surface area contributed by atoms with Crippen LogP contribution in [0.5, 0.6) is 5.75 Å². The van der Waals surface area contributed by atoms with E-state index in [0.29, 0.717) is 16.1 Å². The number of fused-ring (bicyclic) bond motifs is 1. The summed E-state index contributed by atoms with van der Waals surface area (Å²) in [6.07, 6.45) is -0.00766. The fourth-order valence-electron chi connectivity index (χ4n) is 2.16. The van der Waals surface area contributed by atoms with E-state index in [4.69, 9.17) is 32.4 Å². The Morgan fingerprint density at radius 1 is 1.17 bits per heavy atom. The highest BCUT2D eigenvalue weighted by atomic mass is 35.5. The lowest BCUT2D eigenvalue weighted by molar-refractivity contribution is -0.134. The molecular weight excluding hydrogens is 341 g/mol. The van der Waals surface area contributed by atoms with E-state index in [1.54, 1.807) is 36.4 Å². The minimum atomic E-state index is -0.522. The van der Waals surface area contributed by atoms with E-state index in [9.17, 15) is 9.59 Å². The quantitative estimate of drug-likeness (QED) is 0.528. The zero-order chi connectivity index (χ0) is 16.4. The summed E-state index contributed by atoms with van der Waals surface area (Å²) in [7, 11) is 0. The molecule has 0 fully saturated rings. The molecule has 0 unspecified atom stereocenters. The average molecular weight is 352 g/mol. The number of aryl methyl sites for hydroxylation is 1. The van der Waals surface area contributed by atoms with Crippen LogP contribution in [-0.2, 0) is 11.3 Å². The minimum Gasteiger partial charge on any atom is -0.425 e. The topological polar surface area (TPSA) is 61.4 Å². The number of hydrogen-bond donors (Lipinski definition) is 0. The first-order chi connectivity index (χ1) is 11.0. The highest BCUT2D eigenvalue weighted by molar-refractivity contribution is 6.34. The van der Waals surface area contributed by atoms with Gasteiger partial charge < -0.3 is 9.15 Å². The second-order valence-electron chi connectivity index (χ2n) is 4.79. The maximum Gasteiger partial charge on any atom is 0.419 e. The average Bonchev–Trinajstić information content (AvgIpc) is 2.84. The molecule has 0 aliphatic rings. The van der Waals surface area contributed by atoms with Gasteiger partial charge in [0.2, 0.25) is 0 Å². The molecule has 0 radical (unpaired) electrons. The van der Waals surface area contributed by atoms with Crippen molar-refractivity contribution in [3.63, 3.8) is 0 Å². The van der Waals surface area contributed by atoms with Crippen molar-refractivity contribution in [2.24, 2.45) is 0 Å². The third-order valence-electron chi connectivity index (χ3n) is 3.23. The van der Waals surface area contributed by atoms with Crippen LogP contribution in [-0.4, -0.2) is 10.5 Å². The van der Waals surface area contributed by atoms with Crippen molar-refractivity contribution >= 4 is 40.3 Å². The number of nitrogens with zero attached hydrogens (tertiary/aromatic N) is 1. The number of oxazole rings is 1. The third kappa shape index (κ3) is 3.41. The summed E-state index contributed by atoms with van der Waals surface area (Å²) in [4.78, 5) is 23.8. The summed E-state index contributed by atoms with van der Waals surface area (Å²) in [5.74, 6) is -0.847. The number of halogens is 2. The van der Waals surface area contributed by atoms with Crippen molar-refractivity contribution in [3.8, 4) is 5.75 Å². The Hall–Kier alpha value is -2.24. The Kier molecular flexibility index (Phi) is 4.41. The first-order valence-corrected chi connectivity index (χ1v) is 7.54. The second-order valence-corrected chi connectivity index (χ2v) is 5.63. The maximum atomic E-state index is 11.9. The van der Waals surface area contributed by atoms with Crippen LogP contribution in [0.4, 0.5) is 0 Å². The Morgan fingerprint density at radius 2 is 1.96 bits per heavy atom. The van der Waals surface area contributed by atoms with Gasteiger partial charge in [-0.05, 0) is 24.3 Å². The predicted octanol–water partition coefficient (Wildman–Crippen LogP) is 3.90. The molecule has 0 amide bonds. The van der Waals surface area contributed by atoms with Gasteiger partial charge >= 0.3 is 11.7 Å². The van der Waals surface area contributed by atoms with E-state index in [0.717, 1.165) is 0 Å². The van der Waals surface area contributed by atoms with Crippen LogP contribution in [0.2, 0.25) is 10.0 Å². The number of rotatable bonds is 4. The van der Waals surface area contributed by atoms with E-state index >= 15 is 0 Å². The SMILES string of the molecule is O=C(CCn1c(=O)oc2ccccc21)Oc1cc(Cl)ccc1Cl. The first-order valence-electron chi connectivity index (χ1n) is 6.79. The summed E-state index contributed by atoms with van der Waals surface area (Å²) in [6, 6.07) is 11.6. The second kappa shape index (κ2) is 6.48. The van der Waals surface area contributed by atoms with Crippen LogP contribution in [0.3, 0.4) is 0 Å². The molecule has 7 heteroatoms. The largest absolute Gasteiger partial charge is 0.425 e. The molecule has 1 heterocycles. The fraction of sp³-hybridized carbons (Fsp3) is 0.125. The Bertz CT molecular complexity index is 929. The molecule has 3 aromatic rings. The van der Waals surface area contributed by atoms with E-state index in [2.05, 4.69) is 0 Å². The van der Waals surface area contributed by atoms with Gasteiger partial charge in [-0.1, -0.05) is 35.3 Å². The molecule has 0 atom stereocenters. The zero-order valence-corrected chi connectivity index (χ0v) is 13.3. The summed E-state index contributed by atoms with van der Waals surface area (Å²) in [6.45, 7) is 0.146. The van der Waals surface area contributed by atoms with Crippen LogP contribution in [0.1, 0.15) is 6.42 Å². The molecule has 5 nitrogen and oxygen atoms in total. The monoisotopic (exact) mass is 351 g/mol. The Balaban J connectivity index is 1.72. The van der Waals surface area contributed by atoms with Gasteiger partial charge in [-0.2, -0.15) is 0 Å². The number of aromatic nitrogens is 1. The van der Waals surface area contributed by atoms with Crippen LogP contribution >= 0.6 is 23.2 Å². The minimum absolute atomic E-state index is 0.00766. The zero-order valence-electron chi connectivity index (χ0n) is 11.8. The molecule has 0 saturated heterocycles. The van der Waals surface area contributed by atoms with E-state index in [1.165, 1.54) is 10.6 Å². The molecule has 23 heavy (non-hydrogen) atoms. The molecule has 0 bridgehead atoms. The number of esters is 1. The smallest absolute Gasteiger partial charge is 0.419 e. The third-order valence-corrected chi connectivity index (χ3v) is 3.78. The number of carbonyl (C=O) groups excluding carboxylic acids is 1. The molecule has 0 aliphatic heterocycles. The molecule has 118 valence electrons. The van der Waals surface area contributed by atoms with Crippen LogP contribution in [0.25, 0.3) is 11.1 Å². The van der Waals surface area contributed by atoms with Crippen molar-refractivity contribution in [3.05, 3.63) is 63.1 Å². The molecule has 0 spiro atoms. The molecule has 0 saturated carbocycles. The van der Waals surface area contributed by atoms with Crippen molar-refractivity contribution in [1.29, 1.82) is 0 Å². The van der Waals surface area contributed by atoms with Gasteiger partial charge in [0.25, 0.3) is 0 Å². The summed E-state index contributed by atoms with van der Waals surface area (Å²) in [5, 5.41) is 0.697. The van der Waals surface area contributed by atoms with Gasteiger partial charge in [0.15, 0.2) is 11.3 Å². The van der Waals surface area contributed by atoms with Crippen molar-refractivity contribution in [2.75, 3.05) is 0 Å². The first kappa shape index (κ1) is 15.6. The van der Waals surface area contributed by atoms with Gasteiger partial charge in [0, 0.05) is 17.6 Å². The summed E-state index contributed by atoms with van der Waals surface area (Å²) < 4.78 is 11.7. The molecule has 3 rings (SSSR count). The van der Waals surface area contributed by atoms with Crippen LogP contribution in [0.15, 0.2) is 51.7 Å². The molecule has 1 aromatic heterocycles. The van der Waals surface area contributed by atoms with Crippen molar-refractivity contribution < 1.29 is 13.9 Å². The van der Waals surface area contributed by atoms with Gasteiger partial charge in [0.05, 0.1) is 17.0 Å². The summed E-state index contributed by atoms with van der Waals surface area (Å²) in [5.41, 5.74) is 1.11. The molecular formula is C16H11Cl2NO4. The fourth-order valence-corrected chi connectivity index (χ4v) is 2.48. The lowest BCUT2D eigenvalue weighted by Crippen LogP contribution is -2.18. The maximum absolute atomic E-state index is 11.9. The normalized spacial score (nSPS) is 10.9.